The highest BCUT2D eigenvalue weighted by atomic mass is 15.2. The van der Waals surface area contributed by atoms with E-state index in [1.807, 2.05) is 0 Å². The number of rotatable bonds is 4. The number of hydrogen-bond acceptors (Lipinski definition) is 2. The van der Waals surface area contributed by atoms with Gasteiger partial charge >= 0.3 is 0 Å². The van der Waals surface area contributed by atoms with Crippen LogP contribution in [0.1, 0.15) is 51.9 Å². The van der Waals surface area contributed by atoms with Crippen molar-refractivity contribution in [1.82, 2.24) is 10.2 Å². The lowest BCUT2D eigenvalue weighted by atomic mass is 9.83. The zero-order valence-corrected chi connectivity index (χ0v) is 11.0. The second-order valence-electron chi connectivity index (χ2n) is 5.78. The molecule has 94 valence electrons. The van der Waals surface area contributed by atoms with E-state index in [1.165, 1.54) is 58.0 Å². The summed E-state index contributed by atoms with van der Waals surface area (Å²) >= 11 is 0. The SMILES string of the molecule is CNC(CN1CCCC1C)C1CCCCC1. The van der Waals surface area contributed by atoms with Gasteiger partial charge in [-0.15, -0.1) is 0 Å². The van der Waals surface area contributed by atoms with Crippen LogP contribution in [0.2, 0.25) is 0 Å². The molecule has 1 N–H and O–H groups in total. The quantitative estimate of drug-likeness (QED) is 0.790. The smallest absolute Gasteiger partial charge is 0.0220 e. The van der Waals surface area contributed by atoms with E-state index in [9.17, 15) is 0 Å². The van der Waals surface area contributed by atoms with Crippen LogP contribution in [0, 0.1) is 5.92 Å². The molecule has 0 spiro atoms. The molecular formula is C14H28N2. The molecule has 0 aromatic rings. The Balaban J connectivity index is 1.83. The standard InChI is InChI=1S/C14H28N2/c1-12-7-6-10-16(12)11-14(15-2)13-8-4-3-5-9-13/h12-15H,3-11H2,1-2H3. The highest BCUT2D eigenvalue weighted by molar-refractivity contribution is 4.85. The normalized spacial score (nSPS) is 30.8. The minimum Gasteiger partial charge on any atom is -0.315 e. The van der Waals surface area contributed by atoms with Crippen LogP contribution < -0.4 is 5.32 Å². The van der Waals surface area contributed by atoms with Crippen molar-refractivity contribution in [2.75, 3.05) is 20.1 Å². The largest absolute Gasteiger partial charge is 0.315 e. The third kappa shape index (κ3) is 2.98. The maximum atomic E-state index is 3.58. The number of likely N-dealkylation sites (tertiary alicyclic amines) is 1. The molecule has 1 aliphatic carbocycles. The first-order chi connectivity index (χ1) is 7.81. The molecule has 2 heteroatoms. The molecule has 1 saturated heterocycles. The summed E-state index contributed by atoms with van der Waals surface area (Å²) in [5.74, 6) is 0.937. The Labute approximate surface area is 101 Å². The summed E-state index contributed by atoms with van der Waals surface area (Å²) in [5.41, 5.74) is 0. The van der Waals surface area contributed by atoms with E-state index >= 15 is 0 Å². The Morgan fingerprint density at radius 2 is 1.88 bits per heavy atom. The summed E-state index contributed by atoms with van der Waals surface area (Å²) in [4.78, 5) is 2.69. The summed E-state index contributed by atoms with van der Waals surface area (Å²) in [5, 5.41) is 3.58. The molecular weight excluding hydrogens is 196 g/mol. The van der Waals surface area contributed by atoms with Crippen molar-refractivity contribution in [3.05, 3.63) is 0 Å². The second kappa shape index (κ2) is 6.02. The van der Waals surface area contributed by atoms with Gasteiger partial charge in [-0.2, -0.15) is 0 Å². The first kappa shape index (κ1) is 12.4. The van der Waals surface area contributed by atoms with E-state index in [1.54, 1.807) is 0 Å². The Kier molecular flexibility index (Phi) is 4.66. The first-order valence-electron chi connectivity index (χ1n) is 7.22. The molecule has 1 aliphatic heterocycles. The van der Waals surface area contributed by atoms with Gasteiger partial charge in [0.1, 0.15) is 0 Å². The molecule has 0 amide bonds. The fourth-order valence-electron chi connectivity index (χ4n) is 3.53. The van der Waals surface area contributed by atoms with E-state index in [0.29, 0.717) is 0 Å². The van der Waals surface area contributed by atoms with Crippen molar-refractivity contribution >= 4 is 0 Å². The molecule has 2 rings (SSSR count). The third-order valence-corrected chi connectivity index (χ3v) is 4.71. The van der Waals surface area contributed by atoms with Gasteiger partial charge in [0.2, 0.25) is 0 Å². The van der Waals surface area contributed by atoms with Crippen molar-refractivity contribution in [1.29, 1.82) is 0 Å². The molecule has 16 heavy (non-hydrogen) atoms. The zero-order chi connectivity index (χ0) is 11.4. The monoisotopic (exact) mass is 224 g/mol. The average Bonchev–Trinajstić information content (AvgIpc) is 2.73. The predicted molar refractivity (Wildman–Crippen MR) is 69.7 cm³/mol. The van der Waals surface area contributed by atoms with Crippen LogP contribution in [0.5, 0.6) is 0 Å². The topological polar surface area (TPSA) is 15.3 Å². The lowest BCUT2D eigenvalue weighted by Crippen LogP contribution is -2.45. The average molecular weight is 224 g/mol. The lowest BCUT2D eigenvalue weighted by molar-refractivity contribution is 0.185. The highest BCUT2D eigenvalue weighted by Crippen LogP contribution is 2.28. The van der Waals surface area contributed by atoms with Gasteiger partial charge in [-0.25, -0.2) is 0 Å². The van der Waals surface area contributed by atoms with Crippen molar-refractivity contribution < 1.29 is 0 Å². The number of likely N-dealkylation sites (N-methyl/N-ethyl adjacent to an activating group) is 1. The van der Waals surface area contributed by atoms with Gasteiger partial charge in [-0.3, -0.25) is 4.90 Å². The second-order valence-corrected chi connectivity index (χ2v) is 5.78. The van der Waals surface area contributed by atoms with E-state index in [2.05, 4.69) is 24.2 Å². The fraction of sp³-hybridized carbons (Fsp3) is 1.00. The molecule has 1 heterocycles. The molecule has 2 fully saturated rings. The molecule has 2 aliphatic rings. The van der Waals surface area contributed by atoms with Crippen LogP contribution in [0.25, 0.3) is 0 Å². The van der Waals surface area contributed by atoms with Crippen molar-refractivity contribution in [2.45, 2.75) is 64.0 Å². The highest BCUT2D eigenvalue weighted by Gasteiger charge is 2.27. The first-order valence-corrected chi connectivity index (χ1v) is 7.22. The number of hydrogen-bond donors (Lipinski definition) is 1. The zero-order valence-electron chi connectivity index (χ0n) is 11.0. The minimum absolute atomic E-state index is 0.737. The molecule has 1 saturated carbocycles. The van der Waals surface area contributed by atoms with Gasteiger partial charge in [0.15, 0.2) is 0 Å². The van der Waals surface area contributed by atoms with Gasteiger partial charge in [0.05, 0.1) is 0 Å². The van der Waals surface area contributed by atoms with Crippen LogP contribution in [-0.4, -0.2) is 37.1 Å². The molecule has 0 aromatic carbocycles. The van der Waals surface area contributed by atoms with Gasteiger partial charge in [0, 0.05) is 18.6 Å². The summed E-state index contributed by atoms with van der Waals surface area (Å²) in [6.45, 7) is 5.00. The Morgan fingerprint density at radius 3 is 2.44 bits per heavy atom. The maximum Gasteiger partial charge on any atom is 0.0220 e. The molecule has 0 radical (unpaired) electrons. The fourth-order valence-corrected chi connectivity index (χ4v) is 3.53. The van der Waals surface area contributed by atoms with Gasteiger partial charge < -0.3 is 5.32 Å². The summed E-state index contributed by atoms with van der Waals surface area (Å²) in [7, 11) is 2.15. The van der Waals surface area contributed by atoms with Crippen LogP contribution in [-0.2, 0) is 0 Å². The van der Waals surface area contributed by atoms with E-state index in [4.69, 9.17) is 0 Å². The summed E-state index contributed by atoms with van der Waals surface area (Å²) in [6, 6.07) is 1.56. The summed E-state index contributed by atoms with van der Waals surface area (Å²) < 4.78 is 0. The Bertz CT molecular complexity index is 199. The van der Waals surface area contributed by atoms with Crippen LogP contribution in [0.3, 0.4) is 0 Å². The van der Waals surface area contributed by atoms with Crippen molar-refractivity contribution in [3.8, 4) is 0 Å². The van der Waals surface area contributed by atoms with Gasteiger partial charge in [-0.1, -0.05) is 19.3 Å². The molecule has 2 unspecified atom stereocenters. The Morgan fingerprint density at radius 1 is 1.12 bits per heavy atom. The van der Waals surface area contributed by atoms with Crippen LogP contribution in [0.15, 0.2) is 0 Å². The number of nitrogens with one attached hydrogen (secondary N) is 1. The molecule has 2 atom stereocenters. The molecule has 0 aromatic heterocycles. The summed E-state index contributed by atoms with van der Waals surface area (Å²) in [6.07, 6.45) is 10.1. The lowest BCUT2D eigenvalue weighted by Gasteiger charge is -2.34. The predicted octanol–water partition coefficient (Wildman–Crippen LogP) is 2.64. The molecule has 2 nitrogen and oxygen atoms in total. The van der Waals surface area contributed by atoms with Gasteiger partial charge in [-0.05, 0) is 52.1 Å². The minimum atomic E-state index is 0.737. The van der Waals surface area contributed by atoms with Crippen molar-refractivity contribution in [2.24, 2.45) is 5.92 Å². The van der Waals surface area contributed by atoms with E-state index in [-0.39, 0.29) is 0 Å². The van der Waals surface area contributed by atoms with Crippen molar-refractivity contribution in [3.63, 3.8) is 0 Å². The molecule has 0 bridgehead atoms. The van der Waals surface area contributed by atoms with Crippen LogP contribution in [0.4, 0.5) is 0 Å². The number of nitrogens with zero attached hydrogens (tertiary/aromatic N) is 1. The third-order valence-electron chi connectivity index (χ3n) is 4.71. The maximum absolute atomic E-state index is 3.58. The van der Waals surface area contributed by atoms with Crippen LogP contribution >= 0.6 is 0 Å². The van der Waals surface area contributed by atoms with Gasteiger partial charge in [0.25, 0.3) is 0 Å². The Hall–Kier alpha value is -0.0800. The van der Waals surface area contributed by atoms with E-state index < -0.39 is 0 Å². The van der Waals surface area contributed by atoms with E-state index in [0.717, 1.165) is 18.0 Å².